The molecule has 1 heterocycles. The van der Waals surface area contributed by atoms with Crippen molar-refractivity contribution in [2.24, 2.45) is 0 Å². The summed E-state index contributed by atoms with van der Waals surface area (Å²) in [5.74, 6) is 0. The van der Waals surface area contributed by atoms with Crippen LogP contribution in [0.2, 0.25) is 0 Å². The Hall–Kier alpha value is -1.37. The molecule has 6 heteroatoms. The van der Waals surface area contributed by atoms with E-state index in [1.807, 2.05) is 0 Å². The van der Waals surface area contributed by atoms with Gasteiger partial charge in [-0.25, -0.2) is 13.1 Å². The van der Waals surface area contributed by atoms with Crippen molar-refractivity contribution in [2.75, 3.05) is 5.73 Å². The fraction of sp³-hybridized carbons (Fsp3) is 0.333. The van der Waals surface area contributed by atoms with Crippen LogP contribution in [-0.4, -0.2) is 8.42 Å². The number of fused-ring (bicyclic) bond motifs is 1. The van der Waals surface area contributed by atoms with Gasteiger partial charge in [0.05, 0.1) is 5.69 Å². The minimum absolute atomic E-state index is 0.189. The van der Waals surface area contributed by atoms with Crippen LogP contribution in [0.5, 0.6) is 0 Å². The molecule has 1 aliphatic carbocycles. The Kier molecular flexibility index (Phi) is 3.77. The molecule has 1 aromatic carbocycles. The first-order chi connectivity index (χ1) is 9.97. The van der Waals surface area contributed by atoms with E-state index in [4.69, 9.17) is 5.73 Å². The predicted octanol–water partition coefficient (Wildman–Crippen LogP) is 2.61. The van der Waals surface area contributed by atoms with E-state index in [0.29, 0.717) is 12.1 Å². The van der Waals surface area contributed by atoms with Crippen LogP contribution < -0.4 is 10.5 Å². The Bertz CT molecular complexity index is 737. The normalized spacial score (nSPS) is 14.3. The Labute approximate surface area is 129 Å². The van der Waals surface area contributed by atoms with Crippen LogP contribution in [0.3, 0.4) is 0 Å². The van der Waals surface area contributed by atoms with Gasteiger partial charge >= 0.3 is 0 Å². The van der Waals surface area contributed by atoms with Crippen molar-refractivity contribution < 1.29 is 8.42 Å². The molecule has 0 saturated carbocycles. The van der Waals surface area contributed by atoms with Gasteiger partial charge < -0.3 is 5.73 Å². The molecule has 3 N–H and O–H groups in total. The molecule has 4 nitrogen and oxygen atoms in total. The van der Waals surface area contributed by atoms with Crippen LogP contribution in [0, 0.1) is 6.92 Å². The third-order valence-corrected chi connectivity index (χ3v) is 6.60. The summed E-state index contributed by atoms with van der Waals surface area (Å²) in [4.78, 5) is 2.66. The number of aryl methyl sites for hydroxylation is 3. The summed E-state index contributed by atoms with van der Waals surface area (Å²) in [6.45, 7) is 2.08. The lowest BCUT2D eigenvalue weighted by Gasteiger charge is -2.11. The summed E-state index contributed by atoms with van der Waals surface area (Å²) in [5.41, 5.74) is 8.15. The first-order valence-electron chi connectivity index (χ1n) is 6.92. The van der Waals surface area contributed by atoms with Crippen molar-refractivity contribution >= 4 is 27.0 Å². The molecular weight excluding hydrogens is 304 g/mol. The number of nitrogens with two attached hydrogens (primary N) is 1. The number of rotatable bonds is 4. The highest BCUT2D eigenvalue weighted by molar-refractivity contribution is 7.89. The lowest BCUT2D eigenvalue weighted by atomic mass is 10.2. The maximum Gasteiger partial charge on any atom is 0.243 e. The fourth-order valence-corrected chi connectivity index (χ4v) is 5.41. The van der Waals surface area contributed by atoms with E-state index in [1.54, 1.807) is 36.5 Å². The Morgan fingerprint density at radius 1 is 1.33 bits per heavy atom. The van der Waals surface area contributed by atoms with Gasteiger partial charge in [0, 0.05) is 16.3 Å². The quantitative estimate of drug-likeness (QED) is 0.850. The molecular formula is C15H18N2O2S2. The Balaban J connectivity index is 1.80. The van der Waals surface area contributed by atoms with E-state index < -0.39 is 10.0 Å². The van der Waals surface area contributed by atoms with Gasteiger partial charge in [0.2, 0.25) is 10.0 Å². The fourth-order valence-electron chi connectivity index (χ4n) is 2.76. The van der Waals surface area contributed by atoms with Crippen LogP contribution in [0.15, 0.2) is 29.2 Å². The second kappa shape index (κ2) is 5.44. The van der Waals surface area contributed by atoms with Gasteiger partial charge in [-0.3, -0.25) is 0 Å². The van der Waals surface area contributed by atoms with Crippen LogP contribution in [0.25, 0.3) is 0 Å². The largest absolute Gasteiger partial charge is 0.398 e. The van der Waals surface area contributed by atoms with Crippen LogP contribution in [0.4, 0.5) is 5.69 Å². The van der Waals surface area contributed by atoms with Gasteiger partial charge in [0.25, 0.3) is 0 Å². The summed E-state index contributed by atoms with van der Waals surface area (Å²) in [6.07, 6.45) is 3.45. The SMILES string of the molecule is Cc1cccc(N)c1S(=O)(=O)NCc1cc2c(s1)CCC2. The molecule has 0 aliphatic heterocycles. The average Bonchev–Trinajstić information content (AvgIpc) is 2.96. The molecule has 0 spiro atoms. The molecule has 0 atom stereocenters. The number of anilines is 1. The zero-order valence-corrected chi connectivity index (χ0v) is 13.5. The molecule has 3 rings (SSSR count). The van der Waals surface area contributed by atoms with Gasteiger partial charge in [0.1, 0.15) is 4.90 Å². The highest BCUT2D eigenvalue weighted by atomic mass is 32.2. The molecule has 0 fully saturated rings. The lowest BCUT2D eigenvalue weighted by molar-refractivity contribution is 0.581. The molecule has 112 valence electrons. The monoisotopic (exact) mass is 322 g/mol. The number of hydrogen-bond acceptors (Lipinski definition) is 4. The topological polar surface area (TPSA) is 72.2 Å². The molecule has 1 aliphatic rings. The third kappa shape index (κ3) is 2.84. The van der Waals surface area contributed by atoms with E-state index in [1.165, 1.54) is 16.9 Å². The Morgan fingerprint density at radius 3 is 2.86 bits per heavy atom. The van der Waals surface area contributed by atoms with Crippen LogP contribution in [-0.2, 0) is 29.4 Å². The number of sulfonamides is 1. The summed E-state index contributed by atoms with van der Waals surface area (Å²) in [5, 5.41) is 0. The standard InChI is InChI=1S/C15H18N2O2S2/c1-10-4-2-6-13(16)15(10)21(18,19)17-9-12-8-11-5-3-7-14(11)20-12/h2,4,6,8,17H,3,5,7,9,16H2,1H3. The number of benzene rings is 1. The van der Waals surface area contributed by atoms with Crippen molar-refractivity contribution in [3.8, 4) is 0 Å². The summed E-state index contributed by atoms with van der Waals surface area (Å²) in [6, 6.07) is 7.25. The van der Waals surface area contributed by atoms with E-state index >= 15 is 0 Å². The predicted molar refractivity (Wildman–Crippen MR) is 86.0 cm³/mol. The second-order valence-electron chi connectivity index (χ2n) is 5.33. The highest BCUT2D eigenvalue weighted by Gasteiger charge is 2.21. The zero-order chi connectivity index (χ0) is 15.0. The first kappa shape index (κ1) is 14.6. The minimum Gasteiger partial charge on any atom is -0.398 e. The van der Waals surface area contributed by atoms with E-state index in [0.717, 1.165) is 17.7 Å². The van der Waals surface area contributed by atoms with Crippen LogP contribution in [0.1, 0.15) is 27.3 Å². The third-order valence-electron chi connectivity index (χ3n) is 3.75. The smallest absolute Gasteiger partial charge is 0.243 e. The molecule has 2 aromatic rings. The summed E-state index contributed by atoms with van der Waals surface area (Å²) >= 11 is 1.71. The molecule has 21 heavy (non-hydrogen) atoms. The van der Waals surface area contributed by atoms with Crippen molar-refractivity contribution in [1.82, 2.24) is 4.72 Å². The van der Waals surface area contributed by atoms with Gasteiger partial charge in [0.15, 0.2) is 0 Å². The second-order valence-corrected chi connectivity index (χ2v) is 8.26. The van der Waals surface area contributed by atoms with Gasteiger partial charge in [-0.2, -0.15) is 0 Å². The molecule has 0 bridgehead atoms. The van der Waals surface area contributed by atoms with Gasteiger partial charge in [-0.15, -0.1) is 11.3 Å². The van der Waals surface area contributed by atoms with Crippen LogP contribution >= 0.6 is 11.3 Å². The number of thiophene rings is 1. The van der Waals surface area contributed by atoms with Crippen molar-refractivity contribution in [3.05, 3.63) is 45.1 Å². The highest BCUT2D eigenvalue weighted by Crippen LogP contribution is 2.31. The minimum atomic E-state index is -3.58. The van der Waals surface area contributed by atoms with Crippen molar-refractivity contribution in [1.29, 1.82) is 0 Å². The lowest BCUT2D eigenvalue weighted by Crippen LogP contribution is -2.24. The van der Waals surface area contributed by atoms with Gasteiger partial charge in [-0.05, 0) is 49.4 Å². The molecule has 0 radical (unpaired) electrons. The summed E-state index contributed by atoms with van der Waals surface area (Å²) < 4.78 is 27.5. The molecule has 0 amide bonds. The number of nitrogens with one attached hydrogen (secondary N) is 1. The maximum atomic E-state index is 12.4. The molecule has 0 unspecified atom stereocenters. The van der Waals surface area contributed by atoms with Gasteiger partial charge in [-0.1, -0.05) is 12.1 Å². The first-order valence-corrected chi connectivity index (χ1v) is 9.22. The number of hydrogen-bond donors (Lipinski definition) is 2. The summed E-state index contributed by atoms with van der Waals surface area (Å²) in [7, 11) is -3.58. The van der Waals surface area contributed by atoms with E-state index in [2.05, 4.69) is 10.8 Å². The zero-order valence-electron chi connectivity index (χ0n) is 11.8. The Morgan fingerprint density at radius 2 is 2.14 bits per heavy atom. The average molecular weight is 322 g/mol. The number of nitrogen functional groups attached to an aromatic ring is 1. The maximum absolute atomic E-state index is 12.4. The molecule has 1 aromatic heterocycles. The van der Waals surface area contributed by atoms with E-state index in [9.17, 15) is 8.42 Å². The molecule has 0 saturated heterocycles. The van der Waals surface area contributed by atoms with Crippen molar-refractivity contribution in [3.63, 3.8) is 0 Å². The van der Waals surface area contributed by atoms with E-state index in [-0.39, 0.29) is 10.6 Å². The van der Waals surface area contributed by atoms with Crippen molar-refractivity contribution in [2.45, 2.75) is 37.6 Å².